The normalized spacial score (nSPS) is 12.4. The van der Waals surface area contributed by atoms with E-state index in [1.54, 1.807) is 0 Å². The molecule has 0 amide bonds. The van der Waals surface area contributed by atoms with Crippen molar-refractivity contribution in [3.8, 4) is 22.3 Å². The summed E-state index contributed by atoms with van der Waals surface area (Å²) in [6.07, 6.45) is 0. The van der Waals surface area contributed by atoms with Gasteiger partial charge in [0.05, 0.1) is 16.8 Å². The van der Waals surface area contributed by atoms with Crippen LogP contribution < -0.4 is 9.80 Å². The molecule has 0 N–H and O–H groups in total. The van der Waals surface area contributed by atoms with Gasteiger partial charge in [0.25, 0.3) is 0 Å². The molecule has 0 aliphatic heterocycles. The van der Waals surface area contributed by atoms with Crippen LogP contribution in [0.15, 0.2) is 267 Å². The van der Waals surface area contributed by atoms with Crippen LogP contribution in [0, 0.1) is 0 Å². The molecular weight excluding hydrogens is 785 g/mol. The highest BCUT2D eigenvalue weighted by Crippen LogP contribution is 2.59. The Bertz CT molecular complexity index is 3290. The maximum atomic E-state index is 2.47. The molecule has 0 saturated carbocycles. The summed E-state index contributed by atoms with van der Waals surface area (Å²) in [6.45, 7) is 0. The Hall–Kier alpha value is -8.46. The molecule has 0 atom stereocenters. The SMILES string of the molecule is c1ccc(-c2ccc(C3(c4ccccc4)c4cc(N(c5ccccc5)c5cccc6ccccc56)ccc4-c4ccc(N(c5ccccc5)c5cccc6ccccc56)cc43)cc2)cc1. The summed E-state index contributed by atoms with van der Waals surface area (Å²) in [5, 5.41) is 4.82. The molecule has 11 aromatic carbocycles. The first-order valence-corrected chi connectivity index (χ1v) is 22.4. The Labute approximate surface area is 380 Å². The summed E-state index contributed by atoms with van der Waals surface area (Å²) in [7, 11) is 0. The molecule has 0 radical (unpaired) electrons. The fourth-order valence-electron chi connectivity index (χ4n) is 10.4. The van der Waals surface area contributed by atoms with E-state index in [-0.39, 0.29) is 0 Å². The molecule has 0 spiro atoms. The molecule has 0 bridgehead atoms. The Morgan fingerprint density at radius 2 is 0.646 bits per heavy atom. The summed E-state index contributed by atoms with van der Waals surface area (Å²) in [5.41, 5.74) is 15.8. The maximum Gasteiger partial charge on any atom is 0.0715 e. The highest BCUT2D eigenvalue weighted by atomic mass is 15.1. The molecule has 0 unspecified atom stereocenters. The van der Waals surface area contributed by atoms with E-state index in [0.717, 1.165) is 34.1 Å². The molecule has 12 rings (SSSR count). The van der Waals surface area contributed by atoms with Crippen molar-refractivity contribution in [1.29, 1.82) is 0 Å². The van der Waals surface area contributed by atoms with Crippen LogP contribution in [0.25, 0.3) is 43.8 Å². The van der Waals surface area contributed by atoms with Gasteiger partial charge in [0.15, 0.2) is 0 Å². The van der Waals surface area contributed by atoms with Crippen molar-refractivity contribution in [3.63, 3.8) is 0 Å². The standard InChI is InChI=1S/C63H44N2/c1-5-19-45(20-6-1)46-35-37-50(38-36-46)63(49-25-7-2-8-26-49)59-43-53(64(51-27-9-3-10-28-51)61-33-17-23-47-21-13-15-31-55(47)61)39-41-57(59)58-42-40-54(44-60(58)63)65(52-29-11-4-12-30-52)62-34-18-24-48-22-14-16-32-56(48)62/h1-44H. The minimum Gasteiger partial charge on any atom is -0.310 e. The number of nitrogens with zero attached hydrogens (tertiary/aromatic N) is 2. The highest BCUT2D eigenvalue weighted by Gasteiger charge is 2.47. The van der Waals surface area contributed by atoms with E-state index in [9.17, 15) is 0 Å². The van der Waals surface area contributed by atoms with Gasteiger partial charge in [-0.25, -0.2) is 0 Å². The summed E-state index contributed by atoms with van der Waals surface area (Å²) < 4.78 is 0. The summed E-state index contributed by atoms with van der Waals surface area (Å²) in [5.74, 6) is 0. The van der Waals surface area contributed by atoms with Crippen LogP contribution >= 0.6 is 0 Å². The van der Waals surface area contributed by atoms with E-state index in [1.165, 1.54) is 66.1 Å². The van der Waals surface area contributed by atoms with E-state index >= 15 is 0 Å². The number of rotatable bonds is 9. The monoisotopic (exact) mass is 828 g/mol. The van der Waals surface area contributed by atoms with Crippen molar-refractivity contribution >= 4 is 55.7 Å². The fraction of sp³-hybridized carbons (Fsp3) is 0.0159. The lowest BCUT2D eigenvalue weighted by atomic mass is 9.67. The van der Waals surface area contributed by atoms with Crippen LogP contribution in [0.2, 0.25) is 0 Å². The number of anilines is 6. The van der Waals surface area contributed by atoms with Crippen molar-refractivity contribution in [3.05, 3.63) is 289 Å². The Kier molecular flexibility index (Phi) is 9.43. The first kappa shape index (κ1) is 38.2. The van der Waals surface area contributed by atoms with E-state index in [4.69, 9.17) is 0 Å². The first-order chi connectivity index (χ1) is 32.3. The third-order valence-electron chi connectivity index (χ3n) is 13.3. The van der Waals surface area contributed by atoms with Crippen LogP contribution in [0.4, 0.5) is 34.1 Å². The third kappa shape index (κ3) is 6.41. The Morgan fingerprint density at radius 3 is 1.14 bits per heavy atom. The number of hydrogen-bond acceptors (Lipinski definition) is 2. The Balaban J connectivity index is 1.15. The largest absolute Gasteiger partial charge is 0.310 e. The van der Waals surface area contributed by atoms with Crippen LogP contribution in [-0.4, -0.2) is 0 Å². The van der Waals surface area contributed by atoms with Crippen LogP contribution in [0.1, 0.15) is 22.3 Å². The van der Waals surface area contributed by atoms with Gasteiger partial charge in [0.1, 0.15) is 0 Å². The predicted molar refractivity (Wildman–Crippen MR) is 274 cm³/mol. The highest BCUT2D eigenvalue weighted by molar-refractivity contribution is 6.01. The minimum absolute atomic E-state index is 0.685. The average Bonchev–Trinajstić information content (AvgIpc) is 3.67. The topological polar surface area (TPSA) is 6.48 Å². The molecule has 0 fully saturated rings. The molecule has 65 heavy (non-hydrogen) atoms. The summed E-state index contributed by atoms with van der Waals surface area (Å²) in [6, 6.07) is 97.8. The van der Waals surface area contributed by atoms with Gasteiger partial charge in [0, 0.05) is 33.5 Å². The predicted octanol–water partition coefficient (Wildman–Crippen LogP) is 17.0. The number of fused-ring (bicyclic) bond motifs is 5. The number of benzene rings is 11. The van der Waals surface area contributed by atoms with Crippen LogP contribution in [0.5, 0.6) is 0 Å². The molecule has 11 aromatic rings. The van der Waals surface area contributed by atoms with Gasteiger partial charge in [-0.1, -0.05) is 206 Å². The third-order valence-corrected chi connectivity index (χ3v) is 13.3. The van der Waals surface area contributed by atoms with Gasteiger partial charge in [-0.3, -0.25) is 0 Å². The molecule has 0 saturated heterocycles. The summed E-state index contributed by atoms with van der Waals surface area (Å²) >= 11 is 0. The minimum atomic E-state index is -0.685. The second-order valence-corrected chi connectivity index (χ2v) is 16.9. The lowest BCUT2D eigenvalue weighted by Gasteiger charge is -2.36. The molecule has 1 aliphatic carbocycles. The second-order valence-electron chi connectivity index (χ2n) is 16.9. The van der Waals surface area contributed by atoms with Crippen molar-refractivity contribution in [1.82, 2.24) is 0 Å². The molecule has 0 heterocycles. The Morgan fingerprint density at radius 1 is 0.262 bits per heavy atom. The molecule has 2 nitrogen and oxygen atoms in total. The van der Waals surface area contributed by atoms with Gasteiger partial charge in [-0.2, -0.15) is 0 Å². The van der Waals surface area contributed by atoms with Crippen LogP contribution in [-0.2, 0) is 5.41 Å². The molecular formula is C63H44N2. The first-order valence-electron chi connectivity index (χ1n) is 22.4. The van der Waals surface area contributed by atoms with Gasteiger partial charge in [-0.15, -0.1) is 0 Å². The molecule has 2 heteroatoms. The molecule has 306 valence electrons. The quantitative estimate of drug-likeness (QED) is 0.143. The van der Waals surface area contributed by atoms with Crippen molar-refractivity contribution in [2.24, 2.45) is 0 Å². The van der Waals surface area contributed by atoms with E-state index in [1.807, 2.05) is 0 Å². The summed E-state index contributed by atoms with van der Waals surface area (Å²) in [4.78, 5) is 4.87. The fourth-order valence-corrected chi connectivity index (χ4v) is 10.4. The van der Waals surface area contributed by atoms with Crippen LogP contribution in [0.3, 0.4) is 0 Å². The van der Waals surface area contributed by atoms with Crippen molar-refractivity contribution < 1.29 is 0 Å². The molecule has 0 aromatic heterocycles. The smallest absolute Gasteiger partial charge is 0.0715 e. The van der Waals surface area contributed by atoms with E-state index < -0.39 is 5.41 Å². The zero-order valence-corrected chi connectivity index (χ0v) is 35.8. The van der Waals surface area contributed by atoms with Gasteiger partial charge in [0.2, 0.25) is 0 Å². The van der Waals surface area contributed by atoms with E-state index in [0.29, 0.717) is 0 Å². The van der Waals surface area contributed by atoms with Gasteiger partial charge < -0.3 is 9.80 Å². The van der Waals surface area contributed by atoms with Crippen molar-refractivity contribution in [2.45, 2.75) is 5.41 Å². The zero-order chi connectivity index (χ0) is 43.2. The van der Waals surface area contributed by atoms with E-state index in [2.05, 4.69) is 277 Å². The average molecular weight is 829 g/mol. The maximum absolute atomic E-state index is 2.47. The zero-order valence-electron chi connectivity index (χ0n) is 35.8. The van der Waals surface area contributed by atoms with Gasteiger partial charge >= 0.3 is 0 Å². The second kappa shape index (κ2) is 16.0. The number of hydrogen-bond donors (Lipinski definition) is 0. The number of para-hydroxylation sites is 2. The lowest BCUT2D eigenvalue weighted by Crippen LogP contribution is -2.29. The van der Waals surface area contributed by atoms with Crippen molar-refractivity contribution in [2.75, 3.05) is 9.80 Å². The van der Waals surface area contributed by atoms with Gasteiger partial charge in [-0.05, 0) is 116 Å². The molecule has 1 aliphatic rings. The lowest BCUT2D eigenvalue weighted by molar-refractivity contribution is 0.768.